The van der Waals surface area contributed by atoms with Crippen molar-refractivity contribution in [2.24, 2.45) is 5.10 Å². The van der Waals surface area contributed by atoms with E-state index in [1.54, 1.807) is 24.3 Å². The molecule has 5 nitrogen and oxygen atoms in total. The fourth-order valence-corrected chi connectivity index (χ4v) is 1.54. The van der Waals surface area contributed by atoms with Gasteiger partial charge in [-0.15, -0.1) is 0 Å². The standard InChI is InChI=1S/C10H8N2O3/c13-9-5-8(11-12-10(14)15)6-3-1-2-4-7(6)9/h1-4,12H,5H2,(H,14,15)/b11-8+. The lowest BCUT2D eigenvalue weighted by molar-refractivity contribution is 0.101. The van der Waals surface area contributed by atoms with Crippen LogP contribution in [0, 0.1) is 0 Å². The van der Waals surface area contributed by atoms with Crippen molar-refractivity contribution in [3.05, 3.63) is 35.4 Å². The van der Waals surface area contributed by atoms with Gasteiger partial charge in [0.1, 0.15) is 0 Å². The Morgan fingerprint density at radius 2 is 2.00 bits per heavy atom. The number of carbonyl (C=O) groups is 2. The number of hydrogen-bond acceptors (Lipinski definition) is 3. The number of carboxylic acid groups (broad SMARTS) is 1. The van der Waals surface area contributed by atoms with Gasteiger partial charge in [-0.3, -0.25) is 4.79 Å². The topological polar surface area (TPSA) is 78.8 Å². The van der Waals surface area contributed by atoms with Crippen LogP contribution in [-0.4, -0.2) is 22.7 Å². The number of nitrogens with one attached hydrogen (secondary N) is 1. The van der Waals surface area contributed by atoms with E-state index in [9.17, 15) is 9.59 Å². The van der Waals surface area contributed by atoms with Crippen molar-refractivity contribution in [1.82, 2.24) is 5.43 Å². The highest BCUT2D eigenvalue weighted by Crippen LogP contribution is 2.21. The molecule has 1 aliphatic carbocycles. The predicted octanol–water partition coefficient (Wildman–Crippen LogP) is 1.24. The van der Waals surface area contributed by atoms with Crippen LogP contribution in [0.25, 0.3) is 0 Å². The Kier molecular flexibility index (Phi) is 2.21. The van der Waals surface area contributed by atoms with E-state index in [4.69, 9.17) is 5.11 Å². The normalized spacial score (nSPS) is 16.5. The molecule has 1 aliphatic rings. The lowest BCUT2D eigenvalue weighted by Gasteiger charge is -1.97. The largest absolute Gasteiger partial charge is 0.464 e. The molecule has 0 radical (unpaired) electrons. The smallest absolute Gasteiger partial charge is 0.425 e. The summed E-state index contributed by atoms with van der Waals surface area (Å²) in [6.07, 6.45) is -1.08. The van der Waals surface area contributed by atoms with E-state index in [2.05, 4.69) is 5.10 Å². The summed E-state index contributed by atoms with van der Waals surface area (Å²) in [5.74, 6) is -0.0310. The number of hydrazone groups is 1. The molecular formula is C10H8N2O3. The van der Waals surface area contributed by atoms with Crippen LogP contribution in [0.5, 0.6) is 0 Å². The number of hydrogen-bond donors (Lipinski definition) is 2. The summed E-state index contributed by atoms with van der Waals surface area (Å²) >= 11 is 0. The number of amides is 1. The maximum absolute atomic E-state index is 11.5. The average molecular weight is 204 g/mol. The minimum atomic E-state index is -1.24. The van der Waals surface area contributed by atoms with Gasteiger partial charge in [0.25, 0.3) is 0 Å². The Bertz CT molecular complexity index is 465. The lowest BCUT2D eigenvalue weighted by Crippen LogP contribution is -2.16. The fourth-order valence-electron chi connectivity index (χ4n) is 1.54. The number of benzene rings is 1. The molecule has 1 amide bonds. The molecule has 0 aromatic heterocycles. The van der Waals surface area contributed by atoms with Crippen molar-refractivity contribution in [3.63, 3.8) is 0 Å². The number of ketones is 1. The summed E-state index contributed by atoms with van der Waals surface area (Å²) in [5, 5.41) is 12.0. The van der Waals surface area contributed by atoms with Crippen LogP contribution in [0.2, 0.25) is 0 Å². The third-order valence-electron chi connectivity index (χ3n) is 2.15. The predicted molar refractivity (Wildman–Crippen MR) is 53.1 cm³/mol. The van der Waals surface area contributed by atoms with E-state index in [-0.39, 0.29) is 12.2 Å². The number of carbonyl (C=O) groups excluding carboxylic acids is 1. The van der Waals surface area contributed by atoms with E-state index in [1.165, 1.54) is 0 Å². The quantitative estimate of drug-likeness (QED) is 0.675. The van der Waals surface area contributed by atoms with Crippen molar-refractivity contribution in [1.29, 1.82) is 0 Å². The summed E-state index contributed by atoms with van der Waals surface area (Å²) in [5.41, 5.74) is 3.68. The number of fused-ring (bicyclic) bond motifs is 1. The Morgan fingerprint density at radius 3 is 2.67 bits per heavy atom. The second kappa shape index (κ2) is 3.53. The molecule has 0 heterocycles. The van der Waals surface area contributed by atoms with Gasteiger partial charge < -0.3 is 5.11 Å². The fraction of sp³-hybridized carbons (Fsp3) is 0.100. The van der Waals surface area contributed by atoms with Crippen LogP contribution in [0.3, 0.4) is 0 Å². The first-order valence-electron chi connectivity index (χ1n) is 4.36. The second-order valence-corrected chi connectivity index (χ2v) is 3.12. The first-order valence-corrected chi connectivity index (χ1v) is 4.36. The maximum atomic E-state index is 11.5. The Hall–Kier alpha value is -2.17. The summed E-state index contributed by atoms with van der Waals surface area (Å²) in [6, 6.07) is 7.02. The third-order valence-corrected chi connectivity index (χ3v) is 2.15. The third kappa shape index (κ3) is 1.71. The van der Waals surface area contributed by atoms with Crippen molar-refractivity contribution >= 4 is 17.6 Å². The lowest BCUT2D eigenvalue weighted by atomic mass is 10.1. The van der Waals surface area contributed by atoms with Crippen molar-refractivity contribution in [3.8, 4) is 0 Å². The van der Waals surface area contributed by atoms with E-state index in [0.29, 0.717) is 16.8 Å². The molecule has 0 unspecified atom stereocenters. The molecular weight excluding hydrogens is 196 g/mol. The van der Waals surface area contributed by atoms with Gasteiger partial charge in [0.2, 0.25) is 0 Å². The number of Topliss-reactive ketones (excluding diaryl/α,β-unsaturated/α-hetero) is 1. The van der Waals surface area contributed by atoms with E-state index < -0.39 is 6.09 Å². The van der Waals surface area contributed by atoms with Gasteiger partial charge in [0.15, 0.2) is 5.78 Å². The van der Waals surface area contributed by atoms with Crippen molar-refractivity contribution < 1.29 is 14.7 Å². The van der Waals surface area contributed by atoms with Crippen LogP contribution in [0.15, 0.2) is 29.4 Å². The first kappa shape index (κ1) is 9.39. The Labute approximate surface area is 85.4 Å². The Morgan fingerprint density at radius 1 is 1.33 bits per heavy atom. The zero-order chi connectivity index (χ0) is 10.8. The molecule has 1 aromatic rings. The Balaban J connectivity index is 2.36. The zero-order valence-electron chi connectivity index (χ0n) is 7.73. The molecule has 0 atom stereocenters. The van der Waals surface area contributed by atoms with Crippen molar-refractivity contribution in [2.45, 2.75) is 6.42 Å². The van der Waals surface area contributed by atoms with Crippen LogP contribution >= 0.6 is 0 Å². The average Bonchev–Trinajstić information content (AvgIpc) is 2.54. The van der Waals surface area contributed by atoms with Crippen LogP contribution < -0.4 is 5.43 Å². The summed E-state index contributed by atoms with van der Waals surface area (Å²) in [7, 11) is 0. The molecule has 0 spiro atoms. The van der Waals surface area contributed by atoms with E-state index in [0.717, 1.165) is 0 Å². The van der Waals surface area contributed by atoms with Gasteiger partial charge in [0, 0.05) is 11.1 Å². The molecule has 76 valence electrons. The minimum absolute atomic E-state index is 0.0310. The van der Waals surface area contributed by atoms with Gasteiger partial charge in [0.05, 0.1) is 12.1 Å². The van der Waals surface area contributed by atoms with Crippen LogP contribution in [-0.2, 0) is 0 Å². The number of nitrogens with zero attached hydrogens (tertiary/aromatic N) is 1. The molecule has 5 heteroatoms. The highest BCUT2D eigenvalue weighted by Gasteiger charge is 2.24. The summed E-state index contributed by atoms with van der Waals surface area (Å²) in [4.78, 5) is 21.7. The molecule has 0 saturated heterocycles. The molecule has 0 bridgehead atoms. The number of rotatable bonds is 1. The second-order valence-electron chi connectivity index (χ2n) is 3.12. The molecule has 15 heavy (non-hydrogen) atoms. The molecule has 0 saturated carbocycles. The van der Waals surface area contributed by atoms with Gasteiger partial charge >= 0.3 is 6.09 Å². The van der Waals surface area contributed by atoms with E-state index >= 15 is 0 Å². The molecule has 2 N–H and O–H groups in total. The maximum Gasteiger partial charge on any atom is 0.425 e. The molecule has 0 fully saturated rings. The molecule has 0 aliphatic heterocycles. The van der Waals surface area contributed by atoms with Gasteiger partial charge in [-0.25, -0.2) is 10.2 Å². The van der Waals surface area contributed by atoms with Gasteiger partial charge in [-0.05, 0) is 0 Å². The van der Waals surface area contributed by atoms with Gasteiger partial charge in [-0.1, -0.05) is 24.3 Å². The van der Waals surface area contributed by atoms with Crippen LogP contribution in [0.4, 0.5) is 4.79 Å². The highest BCUT2D eigenvalue weighted by molar-refractivity contribution is 6.26. The first-order chi connectivity index (χ1) is 7.18. The van der Waals surface area contributed by atoms with Crippen molar-refractivity contribution in [2.75, 3.05) is 0 Å². The van der Waals surface area contributed by atoms with Crippen LogP contribution in [0.1, 0.15) is 22.3 Å². The van der Waals surface area contributed by atoms with Gasteiger partial charge in [-0.2, -0.15) is 5.10 Å². The monoisotopic (exact) mass is 204 g/mol. The van der Waals surface area contributed by atoms with E-state index in [1.807, 2.05) is 5.43 Å². The summed E-state index contributed by atoms with van der Waals surface area (Å²) < 4.78 is 0. The SMILES string of the molecule is O=C(O)N/N=C1\CC(=O)c2ccccc21. The summed E-state index contributed by atoms with van der Waals surface area (Å²) in [6.45, 7) is 0. The highest BCUT2D eigenvalue weighted by atomic mass is 16.4. The molecule has 2 rings (SSSR count). The minimum Gasteiger partial charge on any atom is -0.464 e. The molecule has 1 aromatic carbocycles. The zero-order valence-corrected chi connectivity index (χ0v) is 7.73.